The SMILES string of the molecule is CC1CC(=O)NC(C2CC2)C(=O)N1CC1CCOC1. The van der Waals surface area contributed by atoms with Crippen molar-refractivity contribution in [2.24, 2.45) is 11.8 Å². The Balaban J connectivity index is 1.73. The normalized spacial score (nSPS) is 36.3. The van der Waals surface area contributed by atoms with E-state index in [-0.39, 0.29) is 23.9 Å². The van der Waals surface area contributed by atoms with Crippen molar-refractivity contribution in [3.8, 4) is 0 Å². The average molecular weight is 266 g/mol. The molecule has 1 aliphatic carbocycles. The smallest absolute Gasteiger partial charge is 0.245 e. The summed E-state index contributed by atoms with van der Waals surface area (Å²) in [6.45, 7) is 4.25. The molecule has 19 heavy (non-hydrogen) atoms. The van der Waals surface area contributed by atoms with E-state index in [9.17, 15) is 9.59 Å². The molecule has 3 aliphatic rings. The van der Waals surface area contributed by atoms with Crippen LogP contribution in [0.5, 0.6) is 0 Å². The highest BCUT2D eigenvalue weighted by Crippen LogP contribution is 2.35. The first kappa shape index (κ1) is 12.9. The van der Waals surface area contributed by atoms with Crippen LogP contribution in [0.1, 0.15) is 32.6 Å². The Labute approximate surface area is 113 Å². The summed E-state index contributed by atoms with van der Waals surface area (Å²) in [4.78, 5) is 26.4. The van der Waals surface area contributed by atoms with E-state index in [1.165, 1.54) is 0 Å². The van der Waals surface area contributed by atoms with Crippen molar-refractivity contribution < 1.29 is 14.3 Å². The van der Waals surface area contributed by atoms with Crippen LogP contribution in [-0.2, 0) is 14.3 Å². The van der Waals surface area contributed by atoms with E-state index in [0.29, 0.717) is 18.3 Å². The summed E-state index contributed by atoms with van der Waals surface area (Å²) in [7, 11) is 0. The highest BCUT2D eigenvalue weighted by Gasteiger charge is 2.43. The highest BCUT2D eigenvalue weighted by atomic mass is 16.5. The number of carbonyl (C=O) groups excluding carboxylic acids is 2. The Morgan fingerprint density at radius 2 is 2.11 bits per heavy atom. The fourth-order valence-corrected chi connectivity index (χ4v) is 3.09. The van der Waals surface area contributed by atoms with Gasteiger partial charge >= 0.3 is 0 Å². The Hall–Kier alpha value is -1.10. The fourth-order valence-electron chi connectivity index (χ4n) is 3.09. The molecule has 3 unspecified atom stereocenters. The maximum absolute atomic E-state index is 12.6. The fraction of sp³-hybridized carbons (Fsp3) is 0.857. The van der Waals surface area contributed by atoms with Gasteiger partial charge in [0.2, 0.25) is 11.8 Å². The van der Waals surface area contributed by atoms with Gasteiger partial charge in [0.15, 0.2) is 0 Å². The van der Waals surface area contributed by atoms with Gasteiger partial charge < -0.3 is 15.0 Å². The van der Waals surface area contributed by atoms with Gasteiger partial charge in [-0.15, -0.1) is 0 Å². The van der Waals surface area contributed by atoms with Gasteiger partial charge in [0, 0.05) is 31.5 Å². The van der Waals surface area contributed by atoms with Crippen molar-refractivity contribution in [1.29, 1.82) is 0 Å². The summed E-state index contributed by atoms with van der Waals surface area (Å²) in [5, 5.41) is 2.91. The van der Waals surface area contributed by atoms with Crippen molar-refractivity contribution >= 4 is 11.8 Å². The second kappa shape index (κ2) is 5.12. The highest BCUT2D eigenvalue weighted by molar-refractivity contribution is 5.91. The molecule has 0 aromatic rings. The molecule has 3 atom stereocenters. The third-order valence-corrected chi connectivity index (χ3v) is 4.45. The maximum Gasteiger partial charge on any atom is 0.245 e. The van der Waals surface area contributed by atoms with E-state index < -0.39 is 0 Å². The van der Waals surface area contributed by atoms with Crippen LogP contribution in [0.15, 0.2) is 0 Å². The van der Waals surface area contributed by atoms with Gasteiger partial charge in [-0.3, -0.25) is 9.59 Å². The number of hydrogen-bond acceptors (Lipinski definition) is 3. The van der Waals surface area contributed by atoms with Gasteiger partial charge in [0.1, 0.15) is 6.04 Å². The molecule has 1 saturated carbocycles. The molecule has 2 aliphatic heterocycles. The maximum atomic E-state index is 12.6. The van der Waals surface area contributed by atoms with Crippen LogP contribution in [0.3, 0.4) is 0 Å². The monoisotopic (exact) mass is 266 g/mol. The van der Waals surface area contributed by atoms with E-state index in [1.54, 1.807) is 0 Å². The van der Waals surface area contributed by atoms with E-state index in [1.807, 2.05) is 11.8 Å². The summed E-state index contributed by atoms with van der Waals surface area (Å²) in [5.74, 6) is 0.930. The second-order valence-electron chi connectivity index (χ2n) is 6.16. The van der Waals surface area contributed by atoms with Crippen LogP contribution >= 0.6 is 0 Å². The molecule has 106 valence electrons. The number of ether oxygens (including phenoxy) is 1. The third-order valence-electron chi connectivity index (χ3n) is 4.45. The molecule has 2 amide bonds. The summed E-state index contributed by atoms with van der Waals surface area (Å²) in [6, 6.07) is -0.281. The molecule has 0 radical (unpaired) electrons. The summed E-state index contributed by atoms with van der Waals surface area (Å²) < 4.78 is 5.39. The van der Waals surface area contributed by atoms with Crippen LogP contribution in [0, 0.1) is 11.8 Å². The molecule has 2 saturated heterocycles. The molecule has 0 spiro atoms. The van der Waals surface area contributed by atoms with Crippen LogP contribution in [0.2, 0.25) is 0 Å². The van der Waals surface area contributed by atoms with Gasteiger partial charge in [0.05, 0.1) is 6.61 Å². The third kappa shape index (κ3) is 2.76. The minimum atomic E-state index is -0.278. The number of nitrogens with zero attached hydrogens (tertiary/aromatic N) is 1. The van der Waals surface area contributed by atoms with Crippen molar-refractivity contribution in [2.45, 2.75) is 44.7 Å². The number of nitrogens with one attached hydrogen (secondary N) is 1. The summed E-state index contributed by atoms with van der Waals surface area (Å²) >= 11 is 0. The first-order valence-electron chi connectivity index (χ1n) is 7.32. The minimum absolute atomic E-state index is 0.00292. The Kier molecular flexibility index (Phi) is 3.48. The Morgan fingerprint density at radius 1 is 1.32 bits per heavy atom. The summed E-state index contributed by atoms with van der Waals surface area (Å²) in [5.41, 5.74) is 0. The van der Waals surface area contributed by atoms with Crippen molar-refractivity contribution in [1.82, 2.24) is 10.2 Å². The molecule has 5 heteroatoms. The van der Waals surface area contributed by atoms with Gasteiger partial charge in [-0.25, -0.2) is 0 Å². The number of hydrogen-bond donors (Lipinski definition) is 1. The molecule has 2 heterocycles. The van der Waals surface area contributed by atoms with Crippen molar-refractivity contribution in [2.75, 3.05) is 19.8 Å². The van der Waals surface area contributed by atoms with Crippen LogP contribution < -0.4 is 5.32 Å². The zero-order valence-electron chi connectivity index (χ0n) is 11.4. The predicted molar refractivity (Wildman–Crippen MR) is 69.4 cm³/mol. The second-order valence-corrected chi connectivity index (χ2v) is 6.16. The Bertz CT molecular complexity index is 375. The lowest BCUT2D eigenvalue weighted by Gasteiger charge is -2.30. The topological polar surface area (TPSA) is 58.6 Å². The van der Waals surface area contributed by atoms with E-state index in [2.05, 4.69) is 5.32 Å². The van der Waals surface area contributed by atoms with E-state index in [0.717, 1.165) is 39.0 Å². The van der Waals surface area contributed by atoms with Crippen molar-refractivity contribution in [3.63, 3.8) is 0 Å². The van der Waals surface area contributed by atoms with Crippen LogP contribution in [0.4, 0.5) is 0 Å². The zero-order valence-corrected chi connectivity index (χ0v) is 11.4. The molecule has 0 aromatic heterocycles. The molecule has 1 N–H and O–H groups in total. The minimum Gasteiger partial charge on any atom is -0.381 e. The molecule has 3 fully saturated rings. The van der Waals surface area contributed by atoms with Gasteiger partial charge in [-0.1, -0.05) is 0 Å². The predicted octanol–water partition coefficient (Wildman–Crippen LogP) is 0.539. The first-order chi connectivity index (χ1) is 9.15. The largest absolute Gasteiger partial charge is 0.381 e. The van der Waals surface area contributed by atoms with Gasteiger partial charge in [-0.2, -0.15) is 0 Å². The van der Waals surface area contributed by atoms with E-state index in [4.69, 9.17) is 4.74 Å². The van der Waals surface area contributed by atoms with Crippen LogP contribution in [-0.4, -0.2) is 48.6 Å². The molecule has 0 aromatic carbocycles. The standard InChI is InChI=1S/C14H22N2O3/c1-9-6-12(17)15-13(11-2-3-11)14(18)16(9)7-10-4-5-19-8-10/h9-11,13H,2-8H2,1H3,(H,15,17). The van der Waals surface area contributed by atoms with Crippen molar-refractivity contribution in [3.05, 3.63) is 0 Å². The molecular weight excluding hydrogens is 244 g/mol. The number of rotatable bonds is 3. The number of amides is 2. The quantitative estimate of drug-likeness (QED) is 0.811. The lowest BCUT2D eigenvalue weighted by Crippen LogP contribution is -2.49. The zero-order chi connectivity index (χ0) is 13.4. The van der Waals surface area contributed by atoms with Gasteiger partial charge in [0.25, 0.3) is 0 Å². The lowest BCUT2D eigenvalue weighted by atomic mass is 10.1. The Morgan fingerprint density at radius 3 is 2.74 bits per heavy atom. The van der Waals surface area contributed by atoms with E-state index >= 15 is 0 Å². The first-order valence-corrected chi connectivity index (χ1v) is 7.32. The lowest BCUT2D eigenvalue weighted by molar-refractivity contribution is -0.136. The van der Waals surface area contributed by atoms with Gasteiger partial charge in [-0.05, 0) is 32.1 Å². The van der Waals surface area contributed by atoms with Crippen LogP contribution in [0.25, 0.3) is 0 Å². The molecule has 5 nitrogen and oxygen atoms in total. The molecule has 3 rings (SSSR count). The summed E-state index contributed by atoms with van der Waals surface area (Å²) in [6.07, 6.45) is 3.56. The molecular formula is C14H22N2O3. The average Bonchev–Trinajstić information content (AvgIpc) is 3.09. The molecule has 0 bridgehead atoms. The number of carbonyl (C=O) groups is 2.